The smallest absolute Gasteiger partial charge is 0.324 e. The summed E-state index contributed by atoms with van der Waals surface area (Å²) in [6.07, 6.45) is 3.26. The largest absolute Gasteiger partial charge is 0.464 e. The van der Waals surface area contributed by atoms with Crippen molar-refractivity contribution in [3.05, 3.63) is 75.6 Å². The molecule has 7 heterocycles. The zero-order valence-corrected chi connectivity index (χ0v) is 46.7. The number of methoxy groups -OCH3 is 1. The summed E-state index contributed by atoms with van der Waals surface area (Å²) in [7, 11) is 3.33. The summed E-state index contributed by atoms with van der Waals surface area (Å²) < 4.78 is 16.2. The van der Waals surface area contributed by atoms with Gasteiger partial charge in [0, 0.05) is 91.5 Å². The maximum atomic E-state index is 14.6. The molecule has 6 bridgehead atoms. The van der Waals surface area contributed by atoms with Gasteiger partial charge in [-0.25, -0.2) is 15.2 Å². The predicted octanol–water partition coefficient (Wildman–Crippen LogP) is 7.10. The summed E-state index contributed by atoms with van der Waals surface area (Å²) in [4.78, 5) is 70.0. The molecule has 5 aromatic rings. The number of carbonyl (C=O) groups excluding carboxylic acids is 4. The molecule has 0 radical (unpaired) electrons. The normalized spacial score (nSPS) is 19.0. The standard InChI is InChI=1S/C49H64N10O6S.4H2S/c1-11-57-40-17-16-32-21-35(40)36(44(57)34-14-12-18-50-42(34)31(6)64-10)23-49(7,8)27-65-47(62)37-15-13-19-58(54-37)46(61)38(22-41-51-39(32)26-66-41)52-45(60)43(28(2)3)55(9)48(63)56-24-33(25-56)59-30(5)20-29(4)53-59;;;;/h12,14,16-18,20-21,26,28,31,33,37-38,43,54H,11,13,15,19,22-25,27H2,1-10H3,(H,52,60);4*1H2/t31-,37-,38-,43-;;;;/m0..../s1. The number of carbonyl (C=O) groups is 4. The Labute approximate surface area is 443 Å². The number of hydrogen-bond acceptors (Lipinski definition) is 11. The van der Waals surface area contributed by atoms with Crippen LogP contribution in [0.2, 0.25) is 0 Å². The highest BCUT2D eigenvalue weighted by Crippen LogP contribution is 2.42. The van der Waals surface area contributed by atoms with Crippen LogP contribution in [0.3, 0.4) is 0 Å². The van der Waals surface area contributed by atoms with E-state index in [2.05, 4.69) is 65.4 Å². The number of urea groups is 1. The van der Waals surface area contributed by atoms with Gasteiger partial charge in [-0.3, -0.25) is 29.1 Å². The van der Waals surface area contributed by atoms with Crippen LogP contribution in [0.25, 0.3) is 33.4 Å². The number of nitrogens with zero attached hydrogens (tertiary/aromatic N) is 8. The Balaban J connectivity index is 0.00000266. The minimum absolute atomic E-state index is 0. The fraction of sp³-hybridized carbons (Fsp3) is 0.531. The fourth-order valence-corrected chi connectivity index (χ4v) is 10.7. The molecule has 70 heavy (non-hydrogen) atoms. The molecule has 21 heteroatoms. The number of aryl methyl sites for hydroxylation is 3. The van der Waals surface area contributed by atoms with E-state index in [1.54, 1.807) is 25.3 Å². The zero-order valence-electron chi connectivity index (χ0n) is 41.9. The highest BCUT2D eigenvalue weighted by Gasteiger charge is 2.41. The van der Waals surface area contributed by atoms with Crippen molar-refractivity contribution in [1.82, 2.24) is 49.9 Å². The fourth-order valence-electron chi connectivity index (χ4n) is 9.87. The number of thiazole rings is 1. The van der Waals surface area contributed by atoms with E-state index in [9.17, 15) is 19.2 Å². The number of hydrogen-bond donors (Lipinski definition) is 2. The molecule has 3 aliphatic heterocycles. The van der Waals surface area contributed by atoms with E-state index in [0.717, 1.165) is 56.1 Å². The van der Waals surface area contributed by atoms with Gasteiger partial charge in [0.05, 0.1) is 46.5 Å². The first-order chi connectivity index (χ1) is 31.5. The molecule has 16 nitrogen and oxygen atoms in total. The number of esters is 1. The lowest BCUT2D eigenvalue weighted by molar-refractivity contribution is -0.155. The molecule has 4 amide bonds. The van der Waals surface area contributed by atoms with Crippen LogP contribution in [0.15, 0.2) is 48.0 Å². The zero-order chi connectivity index (χ0) is 47.2. The van der Waals surface area contributed by atoms with E-state index in [0.29, 0.717) is 50.4 Å². The number of nitrogens with one attached hydrogen (secondary N) is 2. The quantitative estimate of drug-likeness (QED) is 0.145. The average molecular weight is 1060 g/mol. The number of rotatable bonds is 9. The number of amides is 4. The van der Waals surface area contributed by atoms with Gasteiger partial charge in [0.1, 0.15) is 18.1 Å². The summed E-state index contributed by atoms with van der Waals surface area (Å²) in [5.74, 6) is -1.57. The van der Waals surface area contributed by atoms with Crippen molar-refractivity contribution in [3.63, 3.8) is 0 Å². The number of likely N-dealkylation sites (tertiary alicyclic amines) is 1. The molecule has 2 N–H and O–H groups in total. The second kappa shape index (κ2) is 24.0. The van der Waals surface area contributed by atoms with Gasteiger partial charge < -0.3 is 29.2 Å². The maximum absolute atomic E-state index is 14.6. The molecule has 2 fully saturated rings. The number of cyclic esters (lactones) is 1. The number of likely N-dealkylation sites (N-methyl/N-ethyl adjacent to an activating group) is 1. The number of aromatic nitrogens is 5. The van der Waals surface area contributed by atoms with Gasteiger partial charge >= 0.3 is 12.0 Å². The number of benzene rings is 1. The number of pyridine rings is 1. The Hall–Kier alpha value is -4.25. The molecule has 3 aliphatic rings. The second-order valence-corrected chi connectivity index (χ2v) is 20.2. The first kappa shape index (κ1) is 58.3. The number of hydrazine groups is 1. The molecule has 4 aromatic heterocycles. The van der Waals surface area contributed by atoms with Crippen LogP contribution in [0, 0.1) is 25.2 Å². The molecule has 0 aliphatic carbocycles. The monoisotopic (exact) mass is 1060 g/mol. The lowest BCUT2D eigenvalue weighted by Crippen LogP contribution is -2.63. The highest BCUT2D eigenvalue weighted by atomic mass is 32.1. The van der Waals surface area contributed by atoms with Gasteiger partial charge in [0.25, 0.3) is 5.91 Å². The molecule has 384 valence electrons. The maximum Gasteiger partial charge on any atom is 0.324 e. The second-order valence-electron chi connectivity index (χ2n) is 19.3. The van der Waals surface area contributed by atoms with E-state index in [4.69, 9.17) is 19.4 Å². The SMILES string of the molecule is CCn1c(-c2cccnc2[C@H](C)OC)c2c3cc(ccc31)-c1csc(n1)C[C@H](NC(=O)[C@H](C(C)C)N(C)C(=O)N1CC(n3nc(C)cc3C)C1)C(=O)N1CCC[C@H](N1)C(=O)OCC(C)(C)C2.S.S.S.S. The van der Waals surface area contributed by atoms with Gasteiger partial charge in [-0.15, -0.1) is 11.3 Å². The van der Waals surface area contributed by atoms with E-state index < -0.39 is 41.3 Å². The van der Waals surface area contributed by atoms with Crippen LogP contribution in [0.1, 0.15) is 94.2 Å². The van der Waals surface area contributed by atoms with E-state index >= 15 is 0 Å². The molecule has 0 unspecified atom stereocenters. The van der Waals surface area contributed by atoms with Crippen molar-refractivity contribution in [2.24, 2.45) is 11.3 Å². The molecule has 8 rings (SSSR count). The minimum Gasteiger partial charge on any atom is -0.464 e. The Morgan fingerprint density at radius 2 is 1.80 bits per heavy atom. The van der Waals surface area contributed by atoms with Crippen molar-refractivity contribution < 1.29 is 28.7 Å². The lowest BCUT2D eigenvalue weighted by atomic mass is 9.84. The third kappa shape index (κ3) is 11.8. The van der Waals surface area contributed by atoms with Gasteiger partial charge in [0.15, 0.2) is 0 Å². The van der Waals surface area contributed by atoms with Crippen LogP contribution in [0.4, 0.5) is 4.79 Å². The summed E-state index contributed by atoms with van der Waals surface area (Å²) in [6.45, 7) is 18.2. The third-order valence-electron chi connectivity index (χ3n) is 13.3. The Morgan fingerprint density at radius 3 is 2.46 bits per heavy atom. The van der Waals surface area contributed by atoms with Crippen LogP contribution < -0.4 is 10.7 Å². The molecule has 2 saturated heterocycles. The first-order valence-corrected chi connectivity index (χ1v) is 24.0. The highest BCUT2D eigenvalue weighted by molar-refractivity contribution is 7.59. The Morgan fingerprint density at radius 1 is 1.07 bits per heavy atom. The van der Waals surface area contributed by atoms with Crippen molar-refractivity contribution in [3.8, 4) is 22.5 Å². The van der Waals surface area contributed by atoms with Gasteiger partial charge in [-0.05, 0) is 88.8 Å². The summed E-state index contributed by atoms with van der Waals surface area (Å²) >= 11 is 1.42. The van der Waals surface area contributed by atoms with E-state index in [1.807, 2.05) is 56.8 Å². The number of ether oxygens (including phenoxy) is 2. The predicted molar refractivity (Wildman–Crippen MR) is 295 cm³/mol. The Bertz CT molecular complexity index is 2650. The average Bonchev–Trinajstić information content (AvgIpc) is 3.97. The van der Waals surface area contributed by atoms with E-state index in [-0.39, 0.29) is 91.1 Å². The number of fused-ring (bicyclic) bond motifs is 6. The van der Waals surface area contributed by atoms with Crippen LogP contribution in [-0.4, -0.2) is 121 Å². The molecular weight excluding hydrogens is 985 g/mol. The first-order valence-electron chi connectivity index (χ1n) is 23.2. The van der Waals surface area contributed by atoms with Gasteiger partial charge in [0.2, 0.25) is 5.91 Å². The van der Waals surface area contributed by atoms with Crippen molar-refractivity contribution in [2.75, 3.05) is 40.4 Å². The molecular formula is C49H72N10O6S5. The van der Waals surface area contributed by atoms with Gasteiger partial charge in [-0.1, -0.05) is 33.8 Å². The van der Waals surface area contributed by atoms with Crippen LogP contribution in [-0.2, 0) is 43.2 Å². The van der Waals surface area contributed by atoms with Crippen LogP contribution >= 0.6 is 65.3 Å². The Kier molecular flexibility index (Phi) is 20.0. The molecule has 1 aromatic carbocycles. The van der Waals surface area contributed by atoms with E-state index in [1.165, 1.54) is 21.2 Å². The molecule has 4 atom stereocenters. The molecule has 0 spiro atoms. The lowest BCUT2D eigenvalue weighted by Gasteiger charge is -2.43. The summed E-state index contributed by atoms with van der Waals surface area (Å²) in [5, 5.41) is 12.8. The third-order valence-corrected chi connectivity index (χ3v) is 14.2. The van der Waals surface area contributed by atoms with Crippen molar-refractivity contribution in [2.45, 2.75) is 118 Å². The summed E-state index contributed by atoms with van der Waals surface area (Å²) in [5.41, 5.74) is 11.3. The van der Waals surface area contributed by atoms with Crippen LogP contribution in [0.5, 0.6) is 0 Å². The topological polar surface area (TPSA) is 169 Å². The minimum atomic E-state index is -1.06. The van der Waals surface area contributed by atoms with Crippen molar-refractivity contribution in [1.29, 1.82) is 0 Å². The van der Waals surface area contributed by atoms with Gasteiger partial charge in [-0.2, -0.15) is 59.1 Å². The van der Waals surface area contributed by atoms with Crippen molar-refractivity contribution >= 4 is 100 Å². The molecule has 0 saturated carbocycles. The summed E-state index contributed by atoms with van der Waals surface area (Å²) in [6, 6.07) is 9.56.